The Hall–Kier alpha value is -2.65. The molecule has 1 N–H and O–H groups in total. The average Bonchev–Trinajstić information content (AvgIpc) is 2.79. The van der Waals surface area contributed by atoms with Gasteiger partial charge in [-0.1, -0.05) is 12.1 Å². The Bertz CT molecular complexity index is 981. The molecule has 0 radical (unpaired) electrons. The number of carbonyl (C=O) groups is 1. The molecule has 2 aromatic rings. The highest BCUT2D eigenvalue weighted by atomic mass is 32.2. The lowest BCUT2D eigenvalue weighted by Crippen LogP contribution is -2.50. The minimum atomic E-state index is -3.78. The van der Waals surface area contributed by atoms with Crippen molar-refractivity contribution in [3.05, 3.63) is 59.9 Å². The fourth-order valence-electron chi connectivity index (χ4n) is 3.67. The molecule has 3 rings (SSSR count). The van der Waals surface area contributed by atoms with Gasteiger partial charge >= 0.3 is 10.2 Å². The lowest BCUT2D eigenvalue weighted by atomic mass is 9.99. The number of anilines is 1. The van der Waals surface area contributed by atoms with Crippen molar-refractivity contribution in [3.63, 3.8) is 0 Å². The van der Waals surface area contributed by atoms with Crippen LogP contribution in [0, 0.1) is 11.7 Å². The van der Waals surface area contributed by atoms with Gasteiger partial charge in [0.25, 0.3) is 0 Å². The molecule has 1 atom stereocenters. The van der Waals surface area contributed by atoms with Crippen LogP contribution in [0.25, 0.3) is 0 Å². The van der Waals surface area contributed by atoms with Gasteiger partial charge in [0.2, 0.25) is 5.91 Å². The molecule has 9 heteroatoms. The van der Waals surface area contributed by atoms with Gasteiger partial charge in [0.05, 0.1) is 18.7 Å². The summed E-state index contributed by atoms with van der Waals surface area (Å²) in [5, 5.41) is 2.84. The highest BCUT2D eigenvalue weighted by Crippen LogP contribution is 2.26. The van der Waals surface area contributed by atoms with Gasteiger partial charge in [-0.15, -0.1) is 0 Å². The van der Waals surface area contributed by atoms with Gasteiger partial charge in [-0.2, -0.15) is 12.7 Å². The normalized spacial score (nSPS) is 17.2. The third kappa shape index (κ3) is 5.54. The van der Waals surface area contributed by atoms with E-state index in [2.05, 4.69) is 5.32 Å². The number of methoxy groups -OCH3 is 1. The second kappa shape index (κ2) is 10.1. The Morgan fingerprint density at radius 3 is 2.48 bits per heavy atom. The van der Waals surface area contributed by atoms with Gasteiger partial charge in [-0.25, -0.2) is 4.39 Å². The second-order valence-electron chi connectivity index (χ2n) is 7.41. The molecule has 1 amide bonds. The number of benzene rings is 2. The molecule has 1 saturated heterocycles. The standard InChI is InChI=1S/C22H28FN3O4S/c1-3-26(20-10-12-21(30-2)13-11-20)31(28,29)25-14-4-5-18(16-25)22(27)24-15-17-6-8-19(23)9-7-17/h6-13,18H,3-5,14-16H2,1-2H3,(H,24,27)/t18-/m1/s1. The van der Waals surface area contributed by atoms with E-state index < -0.39 is 16.1 Å². The maximum Gasteiger partial charge on any atom is 0.304 e. The molecule has 0 aliphatic carbocycles. The second-order valence-corrected chi connectivity index (χ2v) is 9.26. The number of halogens is 1. The summed E-state index contributed by atoms with van der Waals surface area (Å²) in [6, 6.07) is 12.8. The van der Waals surface area contributed by atoms with Crippen molar-refractivity contribution in [3.8, 4) is 5.75 Å². The van der Waals surface area contributed by atoms with E-state index in [0.29, 0.717) is 30.8 Å². The molecule has 168 valence electrons. The Kier molecular flexibility index (Phi) is 7.50. The summed E-state index contributed by atoms with van der Waals surface area (Å²) in [4.78, 5) is 12.7. The van der Waals surface area contributed by atoms with Gasteiger partial charge in [0.1, 0.15) is 11.6 Å². The smallest absolute Gasteiger partial charge is 0.304 e. The molecule has 2 aromatic carbocycles. The Morgan fingerprint density at radius 2 is 1.87 bits per heavy atom. The van der Waals surface area contributed by atoms with Crippen LogP contribution < -0.4 is 14.4 Å². The van der Waals surface area contributed by atoms with Crippen LogP contribution in [0.4, 0.5) is 10.1 Å². The number of nitrogens with one attached hydrogen (secondary N) is 1. The zero-order valence-electron chi connectivity index (χ0n) is 17.8. The van der Waals surface area contributed by atoms with Crippen LogP contribution in [0.3, 0.4) is 0 Å². The number of carbonyl (C=O) groups excluding carboxylic acids is 1. The molecule has 0 unspecified atom stereocenters. The van der Waals surface area contributed by atoms with Crippen LogP contribution in [0.5, 0.6) is 5.75 Å². The molecule has 0 spiro atoms. The number of amides is 1. The van der Waals surface area contributed by atoms with Crippen LogP contribution in [0.2, 0.25) is 0 Å². The summed E-state index contributed by atoms with van der Waals surface area (Å²) in [6.45, 7) is 2.82. The van der Waals surface area contributed by atoms with Crippen molar-refractivity contribution in [1.29, 1.82) is 0 Å². The Morgan fingerprint density at radius 1 is 1.19 bits per heavy atom. The number of hydrogen-bond donors (Lipinski definition) is 1. The molecule has 0 saturated carbocycles. The summed E-state index contributed by atoms with van der Waals surface area (Å²) in [5.74, 6) is -0.316. The Balaban J connectivity index is 1.66. The largest absolute Gasteiger partial charge is 0.497 e. The summed E-state index contributed by atoms with van der Waals surface area (Å²) in [6.07, 6.45) is 1.23. The van der Waals surface area contributed by atoms with E-state index in [4.69, 9.17) is 4.74 Å². The molecule has 0 aromatic heterocycles. The van der Waals surface area contributed by atoms with E-state index in [0.717, 1.165) is 5.56 Å². The van der Waals surface area contributed by atoms with Crippen LogP contribution in [0.1, 0.15) is 25.3 Å². The van der Waals surface area contributed by atoms with Gasteiger partial charge in [0.15, 0.2) is 0 Å². The monoisotopic (exact) mass is 449 g/mol. The zero-order chi connectivity index (χ0) is 22.4. The van der Waals surface area contributed by atoms with E-state index in [9.17, 15) is 17.6 Å². The quantitative estimate of drug-likeness (QED) is 0.672. The van der Waals surface area contributed by atoms with E-state index in [-0.39, 0.29) is 31.4 Å². The molecule has 0 bridgehead atoms. The zero-order valence-corrected chi connectivity index (χ0v) is 18.6. The van der Waals surface area contributed by atoms with E-state index in [1.807, 2.05) is 0 Å². The molecular weight excluding hydrogens is 421 g/mol. The fraction of sp³-hybridized carbons (Fsp3) is 0.409. The highest BCUT2D eigenvalue weighted by Gasteiger charge is 2.35. The first-order valence-corrected chi connectivity index (χ1v) is 11.7. The third-order valence-electron chi connectivity index (χ3n) is 5.39. The van der Waals surface area contributed by atoms with Crippen LogP contribution in [-0.4, -0.2) is 45.4 Å². The van der Waals surface area contributed by atoms with Gasteiger partial charge < -0.3 is 10.1 Å². The number of piperidine rings is 1. The summed E-state index contributed by atoms with van der Waals surface area (Å²) in [5.41, 5.74) is 1.33. The predicted molar refractivity (Wildman–Crippen MR) is 117 cm³/mol. The first kappa shape index (κ1) is 23.0. The SMILES string of the molecule is CCN(c1ccc(OC)cc1)S(=O)(=O)N1CCC[C@@H](C(=O)NCc2ccc(F)cc2)C1. The van der Waals surface area contributed by atoms with Crippen molar-refractivity contribution in [2.24, 2.45) is 5.92 Å². The average molecular weight is 450 g/mol. The lowest BCUT2D eigenvalue weighted by molar-refractivity contribution is -0.126. The van der Waals surface area contributed by atoms with Gasteiger partial charge in [0, 0.05) is 26.2 Å². The summed E-state index contributed by atoms with van der Waals surface area (Å²) < 4.78 is 47.5. The molecule has 1 aliphatic heterocycles. The van der Waals surface area contributed by atoms with Crippen molar-refractivity contribution < 1.29 is 22.3 Å². The molecule has 31 heavy (non-hydrogen) atoms. The minimum Gasteiger partial charge on any atom is -0.497 e. The lowest BCUT2D eigenvalue weighted by Gasteiger charge is -2.35. The summed E-state index contributed by atoms with van der Waals surface area (Å²) in [7, 11) is -2.23. The minimum absolute atomic E-state index is 0.129. The summed E-state index contributed by atoms with van der Waals surface area (Å²) >= 11 is 0. The molecule has 1 fully saturated rings. The topological polar surface area (TPSA) is 79.0 Å². The fourth-order valence-corrected chi connectivity index (χ4v) is 5.39. The molecule has 1 aliphatic rings. The van der Waals surface area contributed by atoms with Crippen LogP contribution in [0.15, 0.2) is 48.5 Å². The predicted octanol–water partition coefficient (Wildman–Crippen LogP) is 2.93. The van der Waals surface area contributed by atoms with Gasteiger partial charge in [-0.05, 0) is 61.7 Å². The highest BCUT2D eigenvalue weighted by molar-refractivity contribution is 7.90. The van der Waals surface area contributed by atoms with Gasteiger partial charge in [-0.3, -0.25) is 9.10 Å². The Labute approximate surface area is 183 Å². The van der Waals surface area contributed by atoms with Crippen molar-refractivity contribution in [2.75, 3.05) is 31.0 Å². The van der Waals surface area contributed by atoms with Crippen LogP contribution in [-0.2, 0) is 21.5 Å². The van der Waals surface area contributed by atoms with Crippen molar-refractivity contribution in [1.82, 2.24) is 9.62 Å². The van der Waals surface area contributed by atoms with Crippen molar-refractivity contribution in [2.45, 2.75) is 26.3 Å². The number of ether oxygens (including phenoxy) is 1. The number of nitrogens with zero attached hydrogens (tertiary/aromatic N) is 2. The van der Waals surface area contributed by atoms with Crippen molar-refractivity contribution >= 4 is 21.8 Å². The number of rotatable bonds is 8. The van der Waals surface area contributed by atoms with E-state index in [1.165, 1.54) is 20.7 Å². The molecule has 1 heterocycles. The molecular formula is C22H28FN3O4S. The third-order valence-corrected chi connectivity index (χ3v) is 7.40. The van der Waals surface area contributed by atoms with E-state index in [1.54, 1.807) is 50.4 Å². The van der Waals surface area contributed by atoms with Crippen LogP contribution >= 0.6 is 0 Å². The van der Waals surface area contributed by atoms with E-state index >= 15 is 0 Å². The number of hydrogen-bond acceptors (Lipinski definition) is 4. The first-order valence-electron chi connectivity index (χ1n) is 10.3. The molecule has 7 nitrogen and oxygen atoms in total. The maximum absolute atomic E-state index is 13.3. The first-order chi connectivity index (χ1) is 14.8. The maximum atomic E-state index is 13.3.